The normalized spacial score (nSPS) is 49.0. The van der Waals surface area contributed by atoms with Crippen LogP contribution in [-0.4, -0.2) is 30.9 Å². The average Bonchev–Trinajstić information content (AvgIpc) is 2.81. The van der Waals surface area contributed by atoms with E-state index in [1.54, 1.807) is 0 Å². The van der Waals surface area contributed by atoms with Gasteiger partial charge in [0.15, 0.2) is 0 Å². The van der Waals surface area contributed by atoms with Crippen LogP contribution in [0.4, 0.5) is 0 Å². The summed E-state index contributed by atoms with van der Waals surface area (Å²) in [6.07, 6.45) is 9.13. The van der Waals surface area contributed by atoms with Crippen LogP contribution < -0.4 is 0 Å². The van der Waals surface area contributed by atoms with Crippen molar-refractivity contribution in [1.29, 1.82) is 0 Å². The van der Waals surface area contributed by atoms with Gasteiger partial charge in [-0.05, 0) is 97.2 Å². The molecule has 5 aliphatic rings. The number of fused-ring (bicyclic) bond motifs is 7. The van der Waals surface area contributed by atoms with Gasteiger partial charge in [-0.3, -0.25) is 14.4 Å². The molecule has 5 aliphatic carbocycles. The summed E-state index contributed by atoms with van der Waals surface area (Å²) in [7, 11) is 1.53. The largest absolute Gasteiger partial charge is 0.469 e. The zero-order valence-electron chi connectivity index (χ0n) is 25.5. The number of rotatable bonds is 2. The van der Waals surface area contributed by atoms with E-state index in [2.05, 4.69) is 48.5 Å². The SMILES string of the molecule is COC(=O)[C@]12CCC(C)(C)C[C@H]1C1C(=O)CC3[C@@]4(C)CC[C@H](OC(C)=O)C(C)(C)[C@@H]4CC[C@@]3(C)[C@]1(C)CC2. The highest BCUT2D eigenvalue weighted by Gasteiger charge is 2.73. The zero-order chi connectivity index (χ0) is 28.1. The molecule has 9 atom stereocenters. The van der Waals surface area contributed by atoms with Gasteiger partial charge in [0.1, 0.15) is 11.9 Å². The number of esters is 2. The van der Waals surface area contributed by atoms with Crippen LogP contribution in [0.5, 0.6) is 0 Å². The lowest BCUT2D eigenvalue weighted by atomic mass is 9.31. The van der Waals surface area contributed by atoms with E-state index in [1.807, 2.05) is 0 Å². The van der Waals surface area contributed by atoms with Gasteiger partial charge in [-0.25, -0.2) is 0 Å². The molecule has 38 heavy (non-hydrogen) atoms. The van der Waals surface area contributed by atoms with Gasteiger partial charge in [-0.15, -0.1) is 0 Å². The topological polar surface area (TPSA) is 69.7 Å². The van der Waals surface area contributed by atoms with Gasteiger partial charge < -0.3 is 9.47 Å². The van der Waals surface area contributed by atoms with Gasteiger partial charge in [0.25, 0.3) is 0 Å². The summed E-state index contributed by atoms with van der Waals surface area (Å²) in [4.78, 5) is 39.9. The molecule has 0 aliphatic heterocycles. The molecule has 5 fully saturated rings. The molecule has 0 bridgehead atoms. The van der Waals surface area contributed by atoms with Crippen LogP contribution in [0.2, 0.25) is 0 Å². The Hall–Kier alpha value is -1.39. The van der Waals surface area contributed by atoms with Crippen LogP contribution in [-0.2, 0) is 23.9 Å². The van der Waals surface area contributed by atoms with E-state index < -0.39 is 5.41 Å². The van der Waals surface area contributed by atoms with Crippen molar-refractivity contribution in [1.82, 2.24) is 0 Å². The number of carbonyl (C=O) groups is 3. The van der Waals surface area contributed by atoms with Gasteiger partial charge >= 0.3 is 11.9 Å². The molecule has 214 valence electrons. The van der Waals surface area contributed by atoms with Crippen molar-refractivity contribution in [3.8, 4) is 0 Å². The molecular formula is C33H52O5. The molecule has 0 saturated heterocycles. The summed E-state index contributed by atoms with van der Waals surface area (Å²) in [6, 6.07) is 0. The lowest BCUT2D eigenvalue weighted by Gasteiger charge is -2.72. The van der Waals surface area contributed by atoms with Crippen molar-refractivity contribution >= 4 is 17.7 Å². The van der Waals surface area contributed by atoms with E-state index in [0.29, 0.717) is 24.0 Å². The first-order valence-corrected chi connectivity index (χ1v) is 15.3. The van der Waals surface area contributed by atoms with Gasteiger partial charge in [0, 0.05) is 24.7 Å². The third kappa shape index (κ3) is 3.57. The molecular weight excluding hydrogens is 476 g/mol. The predicted octanol–water partition coefficient (Wildman–Crippen LogP) is 7.15. The average molecular weight is 529 g/mol. The van der Waals surface area contributed by atoms with Crippen LogP contribution in [0.1, 0.15) is 120 Å². The minimum absolute atomic E-state index is 0.0273. The highest BCUT2D eigenvalue weighted by molar-refractivity contribution is 5.86. The summed E-state index contributed by atoms with van der Waals surface area (Å²) in [5.74, 6) is 0.815. The molecule has 0 aromatic heterocycles. The molecule has 5 saturated carbocycles. The van der Waals surface area contributed by atoms with Crippen LogP contribution in [0.25, 0.3) is 0 Å². The number of Topliss-reactive ketones (excluding diaryl/α,β-unsaturated/α-hetero) is 1. The van der Waals surface area contributed by atoms with Gasteiger partial charge in [-0.2, -0.15) is 0 Å². The lowest BCUT2D eigenvalue weighted by Crippen LogP contribution is -2.70. The highest BCUT2D eigenvalue weighted by Crippen LogP contribution is 2.76. The Morgan fingerprint density at radius 3 is 2.11 bits per heavy atom. The second kappa shape index (κ2) is 8.56. The summed E-state index contributed by atoms with van der Waals surface area (Å²) >= 11 is 0. The van der Waals surface area contributed by atoms with Crippen molar-refractivity contribution in [2.75, 3.05) is 7.11 Å². The molecule has 0 aromatic carbocycles. The lowest BCUT2D eigenvalue weighted by molar-refractivity contribution is -0.248. The van der Waals surface area contributed by atoms with Crippen molar-refractivity contribution in [2.24, 2.45) is 56.2 Å². The van der Waals surface area contributed by atoms with E-state index in [0.717, 1.165) is 57.8 Å². The quantitative estimate of drug-likeness (QED) is 0.356. The number of hydrogen-bond acceptors (Lipinski definition) is 5. The number of ether oxygens (including phenoxy) is 2. The fraction of sp³-hybridized carbons (Fsp3) is 0.909. The van der Waals surface area contributed by atoms with Gasteiger partial charge in [-0.1, -0.05) is 48.5 Å². The second-order valence-electron chi connectivity index (χ2n) is 16.2. The Bertz CT molecular complexity index is 1030. The number of carbonyl (C=O) groups excluding carboxylic acids is 3. The fourth-order valence-corrected chi connectivity index (χ4v) is 11.7. The third-order valence-corrected chi connectivity index (χ3v) is 13.9. The first kappa shape index (κ1) is 28.1. The first-order chi connectivity index (χ1) is 17.5. The molecule has 5 nitrogen and oxygen atoms in total. The Morgan fingerprint density at radius 2 is 1.47 bits per heavy atom. The smallest absolute Gasteiger partial charge is 0.312 e. The maximum absolute atomic E-state index is 14.5. The van der Waals surface area contributed by atoms with Gasteiger partial charge in [0.2, 0.25) is 0 Å². The molecule has 0 aromatic rings. The molecule has 0 spiro atoms. The van der Waals surface area contributed by atoms with E-state index in [9.17, 15) is 14.4 Å². The van der Waals surface area contributed by atoms with Crippen molar-refractivity contribution < 1.29 is 23.9 Å². The number of methoxy groups -OCH3 is 1. The standard InChI is InChI=1S/C33H52O5/c1-20(34)38-25-11-12-30(6)23(29(25,4)5)10-13-31(7)24(30)18-22(35)26-21-19-28(2,3)14-16-33(21,27(36)37-9)17-15-32(26,31)8/h21,23-26H,10-19H2,1-9H3/t21-,23-,24?,25-,26?,30-,31+,32+,33-/m0/s1. The minimum Gasteiger partial charge on any atom is -0.469 e. The maximum atomic E-state index is 14.5. The summed E-state index contributed by atoms with van der Waals surface area (Å²) in [5.41, 5.74) is -0.585. The molecule has 0 radical (unpaired) electrons. The van der Waals surface area contributed by atoms with E-state index >= 15 is 0 Å². The van der Waals surface area contributed by atoms with E-state index in [1.165, 1.54) is 14.0 Å². The van der Waals surface area contributed by atoms with Crippen LogP contribution in [0.15, 0.2) is 0 Å². The van der Waals surface area contributed by atoms with Crippen LogP contribution >= 0.6 is 0 Å². The molecule has 0 N–H and O–H groups in total. The summed E-state index contributed by atoms with van der Waals surface area (Å²) in [6.45, 7) is 18.1. The van der Waals surface area contributed by atoms with E-state index in [-0.39, 0.29) is 57.0 Å². The predicted molar refractivity (Wildman–Crippen MR) is 147 cm³/mol. The summed E-state index contributed by atoms with van der Waals surface area (Å²) < 4.78 is 11.3. The van der Waals surface area contributed by atoms with E-state index in [4.69, 9.17) is 9.47 Å². The molecule has 5 heteroatoms. The van der Waals surface area contributed by atoms with Gasteiger partial charge in [0.05, 0.1) is 12.5 Å². The third-order valence-electron chi connectivity index (χ3n) is 13.9. The van der Waals surface area contributed by atoms with Crippen LogP contribution in [0.3, 0.4) is 0 Å². The Balaban J connectivity index is 1.55. The molecule has 0 heterocycles. The molecule has 2 unspecified atom stereocenters. The Morgan fingerprint density at radius 1 is 0.816 bits per heavy atom. The van der Waals surface area contributed by atoms with Crippen molar-refractivity contribution in [3.63, 3.8) is 0 Å². The number of hydrogen-bond donors (Lipinski definition) is 0. The van der Waals surface area contributed by atoms with Crippen LogP contribution in [0, 0.1) is 56.2 Å². The number of ketones is 1. The molecule has 0 amide bonds. The monoisotopic (exact) mass is 528 g/mol. The maximum Gasteiger partial charge on any atom is 0.312 e. The highest BCUT2D eigenvalue weighted by atomic mass is 16.5. The summed E-state index contributed by atoms with van der Waals surface area (Å²) in [5, 5.41) is 0. The minimum atomic E-state index is -0.515. The zero-order valence-corrected chi connectivity index (χ0v) is 25.5. The van der Waals surface area contributed by atoms with Crippen molar-refractivity contribution in [2.45, 2.75) is 126 Å². The Kier molecular flexibility index (Phi) is 6.34. The van der Waals surface area contributed by atoms with Crippen molar-refractivity contribution in [3.05, 3.63) is 0 Å². The fourth-order valence-electron chi connectivity index (χ4n) is 11.7. The second-order valence-corrected chi connectivity index (χ2v) is 16.2. The Labute approximate surface area is 230 Å². The first-order valence-electron chi connectivity index (χ1n) is 15.3. The molecule has 5 rings (SSSR count).